The van der Waals surface area contributed by atoms with Crippen LogP contribution in [0.1, 0.15) is 31.9 Å². The van der Waals surface area contributed by atoms with Gasteiger partial charge in [0.1, 0.15) is 0 Å². The summed E-state index contributed by atoms with van der Waals surface area (Å²) >= 11 is 2.98. The van der Waals surface area contributed by atoms with Crippen molar-refractivity contribution in [1.29, 1.82) is 0 Å². The number of nitrogens with zero attached hydrogens (tertiary/aromatic N) is 1. The SMILES string of the molecule is CC(C)(C)c1cccc(C=Nc2c(F)cc(F)cc2F)c1[Se]. The fourth-order valence-electron chi connectivity index (χ4n) is 2.04. The summed E-state index contributed by atoms with van der Waals surface area (Å²) < 4.78 is 40.9. The van der Waals surface area contributed by atoms with E-state index in [1.165, 1.54) is 6.21 Å². The van der Waals surface area contributed by atoms with Gasteiger partial charge < -0.3 is 0 Å². The molecule has 22 heavy (non-hydrogen) atoms. The van der Waals surface area contributed by atoms with Crippen LogP contribution in [0.5, 0.6) is 0 Å². The molecule has 0 atom stereocenters. The molecule has 1 nitrogen and oxygen atoms in total. The molecule has 0 aromatic heterocycles. The summed E-state index contributed by atoms with van der Waals surface area (Å²) in [6.07, 6.45) is 1.38. The Morgan fingerprint density at radius 2 is 1.64 bits per heavy atom. The van der Waals surface area contributed by atoms with Gasteiger partial charge in [-0.25, -0.2) is 0 Å². The normalized spacial score (nSPS) is 12.1. The number of aliphatic imine (C=N–C) groups is 1. The number of benzene rings is 2. The molecule has 2 rings (SSSR count). The van der Waals surface area contributed by atoms with E-state index in [4.69, 9.17) is 0 Å². The first kappa shape index (κ1) is 16.8. The zero-order chi connectivity index (χ0) is 16.5. The zero-order valence-electron chi connectivity index (χ0n) is 12.5. The molecule has 0 aliphatic heterocycles. The van der Waals surface area contributed by atoms with Crippen LogP contribution in [0.2, 0.25) is 0 Å². The molecular weight excluding hydrogens is 354 g/mol. The molecule has 115 valence electrons. The van der Waals surface area contributed by atoms with Crippen molar-refractivity contribution in [3.63, 3.8) is 0 Å². The molecule has 1 radical (unpaired) electrons. The van der Waals surface area contributed by atoms with E-state index >= 15 is 0 Å². The molecule has 0 amide bonds. The van der Waals surface area contributed by atoms with Gasteiger partial charge in [0.05, 0.1) is 0 Å². The molecule has 5 heteroatoms. The Bertz CT molecular complexity index is 710. The Labute approximate surface area is 136 Å². The molecule has 0 bridgehead atoms. The monoisotopic (exact) mass is 370 g/mol. The number of halogens is 3. The Balaban J connectivity index is 2.44. The Morgan fingerprint density at radius 3 is 2.18 bits per heavy atom. The molecule has 0 spiro atoms. The molecule has 2 aromatic carbocycles. The van der Waals surface area contributed by atoms with Crippen LogP contribution in [-0.4, -0.2) is 22.2 Å². The summed E-state index contributed by atoms with van der Waals surface area (Å²) in [5, 5.41) is 0. The third-order valence-electron chi connectivity index (χ3n) is 3.17. The zero-order valence-corrected chi connectivity index (χ0v) is 14.2. The van der Waals surface area contributed by atoms with Crippen LogP contribution < -0.4 is 4.46 Å². The molecule has 0 aliphatic rings. The second-order valence-corrected chi connectivity index (χ2v) is 6.81. The maximum absolute atomic E-state index is 13.6. The van der Waals surface area contributed by atoms with E-state index in [0.717, 1.165) is 15.6 Å². The van der Waals surface area contributed by atoms with E-state index in [0.29, 0.717) is 12.1 Å². The Hall–Kier alpha value is -1.58. The third-order valence-corrected chi connectivity index (χ3v) is 4.12. The Morgan fingerprint density at radius 1 is 1.05 bits per heavy atom. The second-order valence-electron chi connectivity index (χ2n) is 5.95. The van der Waals surface area contributed by atoms with Crippen LogP contribution in [-0.2, 0) is 5.41 Å². The van der Waals surface area contributed by atoms with Gasteiger partial charge in [-0.05, 0) is 0 Å². The molecule has 0 heterocycles. The van der Waals surface area contributed by atoms with Gasteiger partial charge in [-0.15, -0.1) is 0 Å². The average Bonchev–Trinajstić information content (AvgIpc) is 2.37. The standard InChI is InChI=1S/C17H15F3NSe/c1-17(2,3)12-6-4-5-10(16(12)22)9-21-15-13(19)7-11(18)8-14(15)20/h4-9H,1-3H3. The molecule has 0 saturated carbocycles. The Kier molecular flexibility index (Phi) is 4.78. The van der Waals surface area contributed by atoms with Gasteiger partial charge in [0.2, 0.25) is 0 Å². The molecule has 0 saturated heterocycles. The van der Waals surface area contributed by atoms with Crippen molar-refractivity contribution in [1.82, 2.24) is 0 Å². The van der Waals surface area contributed by atoms with E-state index in [2.05, 4.69) is 41.8 Å². The fourth-order valence-corrected chi connectivity index (χ4v) is 3.08. The van der Waals surface area contributed by atoms with E-state index in [-0.39, 0.29) is 5.41 Å². The van der Waals surface area contributed by atoms with Crippen molar-refractivity contribution >= 4 is 32.4 Å². The number of hydrogen-bond acceptors (Lipinski definition) is 1. The van der Waals surface area contributed by atoms with Crippen LogP contribution in [0.25, 0.3) is 0 Å². The van der Waals surface area contributed by atoms with Crippen molar-refractivity contribution in [2.24, 2.45) is 4.99 Å². The van der Waals surface area contributed by atoms with Crippen LogP contribution in [0.4, 0.5) is 18.9 Å². The van der Waals surface area contributed by atoms with Gasteiger partial charge in [0.25, 0.3) is 0 Å². The van der Waals surface area contributed by atoms with Gasteiger partial charge in [0.15, 0.2) is 0 Å². The first-order chi connectivity index (χ1) is 10.2. The molecule has 0 aliphatic carbocycles. The van der Waals surface area contributed by atoms with E-state index in [1.54, 1.807) is 6.07 Å². The summed E-state index contributed by atoms with van der Waals surface area (Å²) in [5.74, 6) is -3.02. The minimum absolute atomic E-state index is 0.0726. The van der Waals surface area contributed by atoms with Crippen LogP contribution in [0.3, 0.4) is 0 Å². The maximum atomic E-state index is 13.6. The van der Waals surface area contributed by atoms with Crippen molar-refractivity contribution in [3.05, 3.63) is 58.9 Å². The summed E-state index contributed by atoms with van der Waals surface area (Å²) in [7, 11) is 0. The average molecular weight is 369 g/mol. The molecule has 2 aromatic rings. The summed E-state index contributed by atoms with van der Waals surface area (Å²) in [5.41, 5.74) is 1.23. The van der Waals surface area contributed by atoms with Crippen LogP contribution >= 0.6 is 0 Å². The van der Waals surface area contributed by atoms with E-state index in [1.807, 2.05) is 12.1 Å². The van der Waals surface area contributed by atoms with E-state index < -0.39 is 23.1 Å². The first-order valence-electron chi connectivity index (χ1n) is 6.69. The van der Waals surface area contributed by atoms with Crippen LogP contribution in [0.15, 0.2) is 35.3 Å². The van der Waals surface area contributed by atoms with Crippen molar-refractivity contribution in [2.75, 3.05) is 0 Å². The quantitative estimate of drug-likeness (QED) is 0.562. The van der Waals surface area contributed by atoms with Crippen molar-refractivity contribution in [3.8, 4) is 0 Å². The van der Waals surface area contributed by atoms with Crippen molar-refractivity contribution < 1.29 is 13.2 Å². The minimum atomic E-state index is -1.03. The summed E-state index contributed by atoms with van der Waals surface area (Å²) in [6, 6.07) is 6.87. The van der Waals surface area contributed by atoms with Gasteiger partial charge in [-0.2, -0.15) is 0 Å². The summed E-state index contributed by atoms with van der Waals surface area (Å²) in [4.78, 5) is 3.84. The van der Waals surface area contributed by atoms with E-state index in [9.17, 15) is 13.2 Å². The number of rotatable bonds is 2. The summed E-state index contributed by atoms with van der Waals surface area (Å²) in [6.45, 7) is 6.22. The first-order valence-corrected chi connectivity index (χ1v) is 7.55. The third kappa shape index (κ3) is 3.60. The molecule has 0 unspecified atom stereocenters. The van der Waals surface area contributed by atoms with Gasteiger partial charge >= 0.3 is 136 Å². The molecule has 0 N–H and O–H groups in total. The van der Waals surface area contributed by atoms with Gasteiger partial charge in [-0.1, -0.05) is 0 Å². The molecule has 0 fully saturated rings. The second kappa shape index (κ2) is 6.27. The van der Waals surface area contributed by atoms with Gasteiger partial charge in [-0.3, -0.25) is 0 Å². The topological polar surface area (TPSA) is 12.4 Å². The van der Waals surface area contributed by atoms with Crippen molar-refractivity contribution in [2.45, 2.75) is 26.2 Å². The molecular formula is C17H15F3NSe. The van der Waals surface area contributed by atoms with Crippen LogP contribution in [0, 0.1) is 17.5 Å². The fraction of sp³-hybridized carbons (Fsp3) is 0.235. The number of hydrogen-bond donors (Lipinski definition) is 0. The van der Waals surface area contributed by atoms with Gasteiger partial charge in [0, 0.05) is 0 Å². The predicted molar refractivity (Wildman–Crippen MR) is 84.1 cm³/mol. The predicted octanol–water partition coefficient (Wildman–Crippen LogP) is 3.95.